The highest BCUT2D eigenvalue weighted by Gasteiger charge is 2.24. The van der Waals surface area contributed by atoms with Gasteiger partial charge in [0.05, 0.1) is 0 Å². The first-order valence-electron chi connectivity index (χ1n) is 6.30. The Morgan fingerprint density at radius 3 is 2.76 bits per heavy atom. The second-order valence-electron chi connectivity index (χ2n) is 5.04. The van der Waals surface area contributed by atoms with Gasteiger partial charge in [-0.25, -0.2) is 4.39 Å². The summed E-state index contributed by atoms with van der Waals surface area (Å²) >= 11 is 0. The van der Waals surface area contributed by atoms with E-state index in [1.165, 1.54) is 0 Å². The largest absolute Gasteiger partial charge is 0.371 e. The molecule has 0 spiro atoms. The molecule has 0 saturated carbocycles. The monoisotopic (exact) mass is 236 g/mol. The van der Waals surface area contributed by atoms with Gasteiger partial charge in [0.15, 0.2) is 0 Å². The van der Waals surface area contributed by atoms with Gasteiger partial charge in [0.1, 0.15) is 5.82 Å². The van der Waals surface area contributed by atoms with Crippen LogP contribution in [-0.4, -0.2) is 26.2 Å². The fraction of sp³-hybridized carbons (Fsp3) is 0.571. The third kappa shape index (κ3) is 2.60. The second kappa shape index (κ2) is 5.05. The van der Waals surface area contributed by atoms with E-state index in [1.807, 2.05) is 26.1 Å². The van der Waals surface area contributed by atoms with Crippen LogP contribution in [0.25, 0.3) is 0 Å². The number of piperidine rings is 1. The Hall–Kier alpha value is -1.09. The van der Waals surface area contributed by atoms with Gasteiger partial charge in [-0.1, -0.05) is 6.92 Å². The van der Waals surface area contributed by atoms with E-state index in [2.05, 4.69) is 17.1 Å². The normalized spacial score (nSPS) is 25.1. The summed E-state index contributed by atoms with van der Waals surface area (Å²) in [5, 5.41) is 3.36. The molecule has 2 nitrogen and oxygen atoms in total. The molecule has 1 aromatic carbocycles. The van der Waals surface area contributed by atoms with Crippen molar-refractivity contribution >= 4 is 5.69 Å². The first-order valence-corrected chi connectivity index (χ1v) is 6.30. The van der Waals surface area contributed by atoms with Crippen molar-refractivity contribution in [3.8, 4) is 0 Å². The minimum Gasteiger partial charge on any atom is -0.371 e. The third-order valence-corrected chi connectivity index (χ3v) is 3.78. The predicted molar refractivity (Wildman–Crippen MR) is 70.0 cm³/mol. The van der Waals surface area contributed by atoms with Gasteiger partial charge < -0.3 is 10.2 Å². The van der Waals surface area contributed by atoms with Crippen molar-refractivity contribution in [3.05, 3.63) is 29.6 Å². The Morgan fingerprint density at radius 1 is 1.41 bits per heavy atom. The molecular formula is C14H21FN2. The summed E-state index contributed by atoms with van der Waals surface area (Å²) in [5.41, 5.74) is 1.87. The number of halogens is 1. The van der Waals surface area contributed by atoms with E-state index in [0.29, 0.717) is 12.0 Å². The Bertz CT molecular complexity index is 392. The van der Waals surface area contributed by atoms with Crippen molar-refractivity contribution < 1.29 is 4.39 Å². The molecular weight excluding hydrogens is 215 g/mol. The average Bonchev–Trinajstić information content (AvgIpc) is 2.32. The van der Waals surface area contributed by atoms with E-state index in [1.54, 1.807) is 6.07 Å². The molecule has 0 bridgehead atoms. The zero-order valence-electron chi connectivity index (χ0n) is 10.8. The van der Waals surface area contributed by atoms with Crippen molar-refractivity contribution in [2.75, 3.05) is 25.0 Å². The first kappa shape index (κ1) is 12.4. The molecule has 94 valence electrons. The Balaban J connectivity index is 2.11. The zero-order valence-corrected chi connectivity index (χ0v) is 10.8. The molecule has 1 saturated heterocycles. The first-order chi connectivity index (χ1) is 8.11. The molecule has 1 aromatic rings. The minimum atomic E-state index is -0.119. The topological polar surface area (TPSA) is 15.3 Å². The fourth-order valence-electron chi connectivity index (χ4n) is 2.63. The van der Waals surface area contributed by atoms with Crippen molar-refractivity contribution in [2.24, 2.45) is 5.92 Å². The predicted octanol–water partition coefficient (Wildman–Crippen LogP) is 2.57. The molecule has 1 aliphatic rings. The summed E-state index contributed by atoms with van der Waals surface area (Å²) in [4.78, 5) is 2.35. The highest BCUT2D eigenvalue weighted by atomic mass is 19.1. The molecule has 3 heteroatoms. The van der Waals surface area contributed by atoms with Crippen LogP contribution in [0, 0.1) is 18.7 Å². The molecule has 2 atom stereocenters. The number of nitrogens with one attached hydrogen (secondary N) is 1. The maximum Gasteiger partial charge on any atom is 0.126 e. The molecule has 1 aliphatic heterocycles. The smallest absolute Gasteiger partial charge is 0.126 e. The van der Waals surface area contributed by atoms with E-state index in [0.717, 1.165) is 30.8 Å². The molecule has 0 aliphatic carbocycles. The SMILES string of the molecule is CNC1CCN(c2ccc(F)c(C)c2)CC1C. The summed E-state index contributed by atoms with van der Waals surface area (Å²) in [5.74, 6) is 0.506. The van der Waals surface area contributed by atoms with Crippen LogP contribution in [0.15, 0.2) is 18.2 Å². The van der Waals surface area contributed by atoms with Crippen LogP contribution in [0.4, 0.5) is 10.1 Å². The third-order valence-electron chi connectivity index (χ3n) is 3.78. The number of rotatable bonds is 2. The van der Waals surface area contributed by atoms with Crippen molar-refractivity contribution in [1.29, 1.82) is 0 Å². The quantitative estimate of drug-likeness (QED) is 0.849. The van der Waals surface area contributed by atoms with Gasteiger partial charge in [0.2, 0.25) is 0 Å². The number of nitrogens with zero attached hydrogens (tertiary/aromatic N) is 1. The van der Waals surface area contributed by atoms with Crippen molar-refractivity contribution in [3.63, 3.8) is 0 Å². The lowest BCUT2D eigenvalue weighted by molar-refractivity contribution is 0.339. The molecule has 2 unspecified atom stereocenters. The van der Waals surface area contributed by atoms with E-state index in [4.69, 9.17) is 0 Å². The molecule has 0 aromatic heterocycles. The van der Waals surface area contributed by atoms with Crippen molar-refractivity contribution in [2.45, 2.75) is 26.3 Å². The van der Waals surface area contributed by atoms with Crippen LogP contribution in [0.2, 0.25) is 0 Å². The van der Waals surface area contributed by atoms with Gasteiger partial charge in [-0.2, -0.15) is 0 Å². The zero-order chi connectivity index (χ0) is 12.4. The van der Waals surface area contributed by atoms with Crippen LogP contribution in [0.5, 0.6) is 0 Å². The van der Waals surface area contributed by atoms with Gasteiger partial charge in [0, 0.05) is 24.8 Å². The van der Waals surface area contributed by atoms with Crippen LogP contribution in [0.1, 0.15) is 18.9 Å². The van der Waals surface area contributed by atoms with Gasteiger partial charge >= 0.3 is 0 Å². The maximum atomic E-state index is 13.2. The lowest BCUT2D eigenvalue weighted by Gasteiger charge is -2.38. The molecule has 1 fully saturated rings. The van der Waals surface area contributed by atoms with Crippen molar-refractivity contribution in [1.82, 2.24) is 5.32 Å². The Labute approximate surface area is 103 Å². The molecule has 1 N–H and O–H groups in total. The molecule has 17 heavy (non-hydrogen) atoms. The number of aryl methyl sites for hydroxylation is 1. The fourth-order valence-corrected chi connectivity index (χ4v) is 2.63. The lowest BCUT2D eigenvalue weighted by atomic mass is 9.93. The minimum absolute atomic E-state index is 0.119. The number of anilines is 1. The van der Waals surface area contributed by atoms with Gasteiger partial charge in [-0.15, -0.1) is 0 Å². The Kier molecular flexibility index (Phi) is 3.67. The molecule has 1 heterocycles. The van der Waals surface area contributed by atoms with Crippen LogP contribution < -0.4 is 10.2 Å². The average molecular weight is 236 g/mol. The number of hydrogen-bond acceptors (Lipinski definition) is 2. The summed E-state index contributed by atoms with van der Waals surface area (Å²) in [6.45, 7) is 6.17. The van der Waals surface area contributed by atoms with E-state index < -0.39 is 0 Å². The van der Waals surface area contributed by atoms with Crippen LogP contribution >= 0.6 is 0 Å². The Morgan fingerprint density at radius 2 is 2.18 bits per heavy atom. The maximum absolute atomic E-state index is 13.2. The van der Waals surface area contributed by atoms with Crippen LogP contribution in [0.3, 0.4) is 0 Å². The second-order valence-corrected chi connectivity index (χ2v) is 5.04. The van der Waals surface area contributed by atoms with Crippen LogP contribution in [-0.2, 0) is 0 Å². The number of benzene rings is 1. The van der Waals surface area contributed by atoms with Gasteiger partial charge in [-0.05, 0) is 50.1 Å². The highest BCUT2D eigenvalue weighted by Crippen LogP contribution is 2.24. The number of hydrogen-bond donors (Lipinski definition) is 1. The van der Waals surface area contributed by atoms with Gasteiger partial charge in [-0.3, -0.25) is 0 Å². The standard InChI is InChI=1S/C14H21FN2/c1-10-8-12(4-5-13(10)15)17-7-6-14(16-3)11(2)9-17/h4-5,8,11,14,16H,6-7,9H2,1-3H3. The summed E-state index contributed by atoms with van der Waals surface area (Å²) in [6, 6.07) is 6.00. The lowest BCUT2D eigenvalue weighted by Crippen LogP contribution is -2.47. The summed E-state index contributed by atoms with van der Waals surface area (Å²) in [6.07, 6.45) is 1.15. The van der Waals surface area contributed by atoms with E-state index in [9.17, 15) is 4.39 Å². The molecule has 2 rings (SSSR count). The van der Waals surface area contributed by atoms with E-state index in [-0.39, 0.29) is 5.82 Å². The van der Waals surface area contributed by atoms with Gasteiger partial charge in [0.25, 0.3) is 0 Å². The molecule has 0 radical (unpaired) electrons. The molecule has 0 amide bonds. The summed E-state index contributed by atoms with van der Waals surface area (Å²) in [7, 11) is 2.03. The summed E-state index contributed by atoms with van der Waals surface area (Å²) < 4.78 is 13.2. The van der Waals surface area contributed by atoms with E-state index >= 15 is 0 Å². The highest BCUT2D eigenvalue weighted by molar-refractivity contribution is 5.49.